The van der Waals surface area contributed by atoms with Crippen LogP contribution in [-0.2, 0) is 9.84 Å². The van der Waals surface area contributed by atoms with Gasteiger partial charge in [0.25, 0.3) is 0 Å². The largest absolute Gasteiger partial charge is 0.323 e. The highest BCUT2D eigenvalue weighted by molar-refractivity contribution is 7.92. The first-order chi connectivity index (χ1) is 7.92. The molecule has 0 aliphatic heterocycles. The van der Waals surface area contributed by atoms with Crippen molar-refractivity contribution in [3.8, 4) is 0 Å². The van der Waals surface area contributed by atoms with Gasteiger partial charge in [0, 0.05) is 11.8 Å². The summed E-state index contributed by atoms with van der Waals surface area (Å²) < 4.78 is 23.9. The van der Waals surface area contributed by atoms with Crippen LogP contribution in [0, 0.1) is 6.92 Å². The second-order valence-corrected chi connectivity index (χ2v) is 6.85. The van der Waals surface area contributed by atoms with Gasteiger partial charge in [-0.25, -0.2) is 8.42 Å². The number of hydrogen-bond acceptors (Lipinski definition) is 3. The fraction of sp³-hybridized carbons (Fsp3) is 0.538. The zero-order chi connectivity index (χ0) is 13.1. The fourth-order valence-corrected chi connectivity index (χ4v) is 3.58. The molecule has 0 saturated heterocycles. The Morgan fingerprint density at radius 2 is 1.94 bits per heavy atom. The van der Waals surface area contributed by atoms with Crippen molar-refractivity contribution >= 4 is 9.84 Å². The predicted octanol–water partition coefficient (Wildman–Crippen LogP) is 2.21. The van der Waals surface area contributed by atoms with E-state index in [1.165, 1.54) is 0 Å². The summed E-state index contributed by atoms with van der Waals surface area (Å²) in [6, 6.07) is 7.30. The smallest absolute Gasteiger partial charge is 0.154 e. The molecule has 96 valence electrons. The summed E-state index contributed by atoms with van der Waals surface area (Å²) in [7, 11) is -3.10. The summed E-state index contributed by atoms with van der Waals surface area (Å²) in [6.07, 6.45) is 0.547. The molecule has 2 N–H and O–H groups in total. The van der Waals surface area contributed by atoms with Crippen molar-refractivity contribution in [1.29, 1.82) is 0 Å². The van der Waals surface area contributed by atoms with Gasteiger partial charge in [-0.3, -0.25) is 0 Å². The quantitative estimate of drug-likeness (QED) is 0.877. The molecule has 4 heteroatoms. The summed E-state index contributed by atoms with van der Waals surface area (Å²) in [6.45, 7) is 5.51. The van der Waals surface area contributed by atoms with E-state index in [-0.39, 0.29) is 5.75 Å². The van der Waals surface area contributed by atoms with Crippen molar-refractivity contribution in [2.75, 3.05) is 5.75 Å². The number of nitrogens with two attached hydrogens (primary N) is 1. The van der Waals surface area contributed by atoms with Gasteiger partial charge in [0.15, 0.2) is 9.84 Å². The molecule has 1 aromatic rings. The SMILES string of the molecule is CCC(C(N)c1cccc(C)c1)S(=O)(=O)CC. The molecule has 0 heterocycles. The summed E-state index contributed by atoms with van der Waals surface area (Å²) >= 11 is 0. The third-order valence-electron chi connectivity index (χ3n) is 3.09. The minimum absolute atomic E-state index is 0.144. The molecule has 1 aromatic carbocycles. The lowest BCUT2D eigenvalue weighted by Gasteiger charge is -2.22. The van der Waals surface area contributed by atoms with Crippen molar-refractivity contribution in [1.82, 2.24) is 0 Å². The summed E-state index contributed by atoms with van der Waals surface area (Å²) in [5.74, 6) is 0.144. The number of sulfone groups is 1. The number of aryl methyl sites for hydroxylation is 1. The highest BCUT2D eigenvalue weighted by atomic mass is 32.2. The Labute approximate surface area is 104 Å². The highest BCUT2D eigenvalue weighted by Gasteiger charge is 2.29. The molecule has 0 spiro atoms. The molecule has 3 nitrogen and oxygen atoms in total. The molecule has 0 aliphatic rings. The second kappa shape index (κ2) is 5.65. The molecular weight excluding hydrogens is 234 g/mol. The van der Waals surface area contributed by atoms with Crippen LogP contribution in [0.15, 0.2) is 24.3 Å². The van der Waals surface area contributed by atoms with E-state index in [0.717, 1.165) is 11.1 Å². The van der Waals surface area contributed by atoms with E-state index in [0.29, 0.717) is 6.42 Å². The Bertz CT molecular complexity index is 468. The molecule has 0 aliphatic carbocycles. The van der Waals surface area contributed by atoms with Gasteiger partial charge >= 0.3 is 0 Å². The van der Waals surface area contributed by atoms with Crippen LogP contribution in [0.25, 0.3) is 0 Å². The van der Waals surface area contributed by atoms with Crippen LogP contribution >= 0.6 is 0 Å². The molecule has 0 fully saturated rings. The van der Waals surface area contributed by atoms with Crippen LogP contribution in [0.4, 0.5) is 0 Å². The van der Waals surface area contributed by atoms with Crippen LogP contribution in [-0.4, -0.2) is 19.4 Å². The van der Waals surface area contributed by atoms with Crippen molar-refractivity contribution in [3.63, 3.8) is 0 Å². The van der Waals surface area contributed by atoms with Gasteiger partial charge in [-0.1, -0.05) is 43.7 Å². The maximum atomic E-state index is 12.0. The zero-order valence-corrected chi connectivity index (χ0v) is 11.5. The van der Waals surface area contributed by atoms with Crippen LogP contribution in [0.3, 0.4) is 0 Å². The van der Waals surface area contributed by atoms with E-state index in [2.05, 4.69) is 0 Å². The van der Waals surface area contributed by atoms with Crippen LogP contribution in [0.1, 0.15) is 37.4 Å². The monoisotopic (exact) mass is 255 g/mol. The van der Waals surface area contributed by atoms with Crippen molar-refractivity contribution in [2.45, 2.75) is 38.5 Å². The van der Waals surface area contributed by atoms with Crippen molar-refractivity contribution in [2.24, 2.45) is 5.73 Å². The lowest BCUT2D eigenvalue weighted by atomic mass is 10.0. The third-order valence-corrected chi connectivity index (χ3v) is 5.45. The third kappa shape index (κ3) is 3.30. The Hall–Kier alpha value is -0.870. The van der Waals surface area contributed by atoms with Crippen molar-refractivity contribution < 1.29 is 8.42 Å². The second-order valence-electron chi connectivity index (χ2n) is 4.34. The molecule has 0 radical (unpaired) electrons. The van der Waals surface area contributed by atoms with Crippen molar-refractivity contribution in [3.05, 3.63) is 35.4 Å². The first kappa shape index (κ1) is 14.2. The van der Waals surface area contributed by atoms with E-state index < -0.39 is 21.1 Å². The van der Waals surface area contributed by atoms with Gasteiger partial charge in [-0.2, -0.15) is 0 Å². The van der Waals surface area contributed by atoms with Crippen LogP contribution in [0.5, 0.6) is 0 Å². The van der Waals surface area contributed by atoms with Gasteiger partial charge in [0.1, 0.15) is 0 Å². The predicted molar refractivity (Wildman–Crippen MR) is 71.6 cm³/mol. The summed E-state index contributed by atoms with van der Waals surface area (Å²) in [4.78, 5) is 0. The first-order valence-electron chi connectivity index (χ1n) is 5.96. The van der Waals surface area contributed by atoms with E-state index in [9.17, 15) is 8.42 Å². The molecule has 0 bridgehead atoms. The first-order valence-corrected chi connectivity index (χ1v) is 7.67. The fourth-order valence-electron chi connectivity index (χ4n) is 2.04. The summed E-state index contributed by atoms with van der Waals surface area (Å²) in [5.41, 5.74) is 8.10. The Kier molecular flexibility index (Phi) is 4.71. The molecule has 17 heavy (non-hydrogen) atoms. The lowest BCUT2D eigenvalue weighted by molar-refractivity contribution is 0.549. The van der Waals surface area contributed by atoms with Crippen LogP contribution < -0.4 is 5.73 Å². The molecular formula is C13H21NO2S. The van der Waals surface area contributed by atoms with Crippen LogP contribution in [0.2, 0.25) is 0 Å². The van der Waals surface area contributed by atoms with Gasteiger partial charge in [0.2, 0.25) is 0 Å². The average molecular weight is 255 g/mol. The minimum atomic E-state index is -3.10. The molecule has 0 aromatic heterocycles. The van der Waals surface area contributed by atoms with E-state index in [4.69, 9.17) is 5.73 Å². The standard InChI is InChI=1S/C13H21NO2S/c1-4-12(17(15,16)5-2)13(14)11-8-6-7-10(3)9-11/h6-9,12-13H,4-5,14H2,1-3H3. The topological polar surface area (TPSA) is 60.2 Å². The maximum Gasteiger partial charge on any atom is 0.154 e. The molecule has 0 amide bonds. The van der Waals surface area contributed by atoms with Gasteiger partial charge in [-0.15, -0.1) is 0 Å². The number of rotatable bonds is 5. The van der Waals surface area contributed by atoms with Gasteiger partial charge < -0.3 is 5.73 Å². The Morgan fingerprint density at radius 3 is 2.41 bits per heavy atom. The number of benzene rings is 1. The summed E-state index contributed by atoms with van der Waals surface area (Å²) in [5, 5.41) is -0.491. The molecule has 1 rings (SSSR count). The van der Waals surface area contributed by atoms with Gasteiger partial charge in [0.05, 0.1) is 5.25 Å². The van der Waals surface area contributed by atoms with Gasteiger partial charge in [-0.05, 0) is 18.9 Å². The molecule has 2 atom stereocenters. The molecule has 0 saturated carbocycles. The van der Waals surface area contributed by atoms with E-state index in [1.54, 1.807) is 6.92 Å². The Morgan fingerprint density at radius 1 is 1.29 bits per heavy atom. The number of hydrogen-bond donors (Lipinski definition) is 1. The average Bonchev–Trinajstić information content (AvgIpc) is 2.29. The zero-order valence-electron chi connectivity index (χ0n) is 10.7. The normalized spacial score (nSPS) is 15.5. The molecule has 2 unspecified atom stereocenters. The lowest BCUT2D eigenvalue weighted by Crippen LogP contribution is -2.34. The van der Waals surface area contributed by atoms with E-state index in [1.807, 2.05) is 38.1 Å². The van der Waals surface area contributed by atoms with E-state index >= 15 is 0 Å². The maximum absolute atomic E-state index is 12.0. The highest BCUT2D eigenvalue weighted by Crippen LogP contribution is 2.23. The minimum Gasteiger partial charge on any atom is -0.323 e. The Balaban J connectivity index is 3.06.